The van der Waals surface area contributed by atoms with E-state index in [1.54, 1.807) is 24.5 Å². The quantitative estimate of drug-likeness (QED) is 0.568. The lowest BCUT2D eigenvalue weighted by molar-refractivity contribution is -0.113. The van der Waals surface area contributed by atoms with Gasteiger partial charge in [0.15, 0.2) is 5.16 Å². The molecule has 0 unspecified atom stereocenters. The molecule has 2 fully saturated rings. The van der Waals surface area contributed by atoms with E-state index in [2.05, 4.69) is 20.4 Å². The van der Waals surface area contributed by atoms with E-state index >= 15 is 0 Å². The maximum Gasteiger partial charge on any atom is 0.243 e. The van der Waals surface area contributed by atoms with Gasteiger partial charge in [-0.1, -0.05) is 11.8 Å². The Labute approximate surface area is 192 Å². The van der Waals surface area contributed by atoms with Crippen LogP contribution in [-0.4, -0.2) is 78.5 Å². The third-order valence-corrected chi connectivity index (χ3v) is 8.43. The minimum absolute atomic E-state index is 0.151. The van der Waals surface area contributed by atoms with Crippen LogP contribution in [0.1, 0.15) is 19.8 Å². The van der Waals surface area contributed by atoms with Crippen LogP contribution in [0.15, 0.2) is 34.6 Å². The van der Waals surface area contributed by atoms with Gasteiger partial charge in [-0.15, -0.1) is 10.2 Å². The predicted octanol–water partition coefficient (Wildman–Crippen LogP) is 1.65. The van der Waals surface area contributed by atoms with Crippen LogP contribution in [0, 0.1) is 0 Å². The summed E-state index contributed by atoms with van der Waals surface area (Å²) in [7, 11) is -3.66. The second-order valence-corrected chi connectivity index (χ2v) is 10.5. The van der Waals surface area contributed by atoms with Crippen molar-refractivity contribution < 1.29 is 17.9 Å². The molecule has 2 aliphatic heterocycles. The van der Waals surface area contributed by atoms with Crippen LogP contribution < -0.4 is 10.2 Å². The number of morpholine rings is 1. The highest BCUT2D eigenvalue weighted by Gasteiger charge is 2.28. The monoisotopic (exact) mass is 480 g/mol. The van der Waals surface area contributed by atoms with Crippen molar-refractivity contribution in [1.29, 1.82) is 0 Å². The van der Waals surface area contributed by atoms with Crippen LogP contribution >= 0.6 is 11.8 Å². The Morgan fingerprint density at radius 3 is 2.66 bits per heavy atom. The van der Waals surface area contributed by atoms with Crippen LogP contribution in [0.4, 0.5) is 11.4 Å². The zero-order chi connectivity index (χ0) is 22.6. The highest BCUT2D eigenvalue weighted by atomic mass is 32.2. The minimum Gasteiger partial charge on any atom is -0.379 e. The van der Waals surface area contributed by atoms with Crippen molar-refractivity contribution in [3.05, 3.63) is 24.5 Å². The largest absolute Gasteiger partial charge is 0.379 e. The number of nitrogens with zero attached hydrogens (tertiary/aromatic N) is 5. The molecule has 174 valence electrons. The maximum absolute atomic E-state index is 13.1. The van der Waals surface area contributed by atoms with Gasteiger partial charge in [0.25, 0.3) is 0 Å². The summed E-state index contributed by atoms with van der Waals surface area (Å²) in [5, 5.41) is 11.5. The van der Waals surface area contributed by atoms with Gasteiger partial charge in [0.05, 0.1) is 35.2 Å². The van der Waals surface area contributed by atoms with Crippen LogP contribution in [0.5, 0.6) is 0 Å². The standard InChI is InChI=1S/C20H28N6O4S2/c1-2-24-15-21-23-20(24)31-14-19(27)22-17-13-16(5-6-18(17)25-7-3-4-8-25)32(28,29)26-9-11-30-12-10-26/h5-6,13,15H,2-4,7-12,14H2,1H3,(H,22,27). The summed E-state index contributed by atoms with van der Waals surface area (Å²) in [5.74, 6) is -0.0690. The molecule has 0 atom stereocenters. The van der Waals surface area contributed by atoms with Gasteiger partial charge < -0.3 is 19.5 Å². The van der Waals surface area contributed by atoms with Crippen molar-refractivity contribution in [2.24, 2.45) is 0 Å². The number of ether oxygens (including phenoxy) is 1. The lowest BCUT2D eigenvalue weighted by Gasteiger charge is -2.27. The van der Waals surface area contributed by atoms with Gasteiger partial charge >= 0.3 is 0 Å². The molecule has 4 rings (SSSR count). The highest BCUT2D eigenvalue weighted by Crippen LogP contribution is 2.33. The molecular weight excluding hydrogens is 452 g/mol. The van der Waals surface area contributed by atoms with E-state index in [0.29, 0.717) is 37.1 Å². The first kappa shape index (κ1) is 23.0. The normalized spacial score (nSPS) is 17.6. The van der Waals surface area contributed by atoms with Gasteiger partial charge in [-0.05, 0) is 38.0 Å². The van der Waals surface area contributed by atoms with Crippen LogP contribution in [0.25, 0.3) is 0 Å². The molecule has 1 amide bonds. The molecule has 1 N–H and O–H groups in total. The molecule has 1 aromatic carbocycles. The average Bonchev–Trinajstić information content (AvgIpc) is 3.50. The number of nitrogens with one attached hydrogen (secondary N) is 1. The van der Waals surface area contributed by atoms with E-state index in [1.807, 2.05) is 11.5 Å². The Kier molecular flexibility index (Phi) is 7.33. The van der Waals surface area contributed by atoms with Gasteiger partial charge in [-0.2, -0.15) is 4.31 Å². The Hall–Kier alpha value is -2.15. The maximum atomic E-state index is 13.1. The molecule has 12 heteroatoms. The molecular formula is C20H28N6O4S2. The smallest absolute Gasteiger partial charge is 0.243 e. The van der Waals surface area contributed by atoms with Gasteiger partial charge in [0.1, 0.15) is 6.33 Å². The zero-order valence-electron chi connectivity index (χ0n) is 18.1. The number of carbonyl (C=O) groups is 1. The Balaban J connectivity index is 1.55. The predicted molar refractivity (Wildman–Crippen MR) is 123 cm³/mol. The molecule has 0 bridgehead atoms. The third kappa shape index (κ3) is 5.08. The average molecular weight is 481 g/mol. The molecule has 2 aliphatic rings. The minimum atomic E-state index is -3.66. The van der Waals surface area contributed by atoms with E-state index in [4.69, 9.17) is 4.74 Å². The second-order valence-electron chi connectivity index (χ2n) is 7.63. The summed E-state index contributed by atoms with van der Waals surface area (Å²) in [5.41, 5.74) is 1.36. The molecule has 1 aromatic heterocycles. The van der Waals surface area contributed by atoms with Crippen LogP contribution in [0.3, 0.4) is 0 Å². The van der Waals surface area contributed by atoms with Crippen molar-refractivity contribution in [1.82, 2.24) is 19.1 Å². The number of hydrogen-bond acceptors (Lipinski definition) is 8. The van der Waals surface area contributed by atoms with E-state index in [0.717, 1.165) is 38.2 Å². The number of carbonyl (C=O) groups excluding carboxylic acids is 1. The number of sulfonamides is 1. The van der Waals surface area contributed by atoms with Crippen LogP contribution in [-0.2, 0) is 26.1 Å². The number of amides is 1. The van der Waals surface area contributed by atoms with Crippen molar-refractivity contribution in [2.75, 3.05) is 55.4 Å². The lowest BCUT2D eigenvalue weighted by atomic mass is 10.2. The number of aryl methyl sites for hydroxylation is 1. The summed E-state index contributed by atoms with van der Waals surface area (Å²) in [4.78, 5) is 15.1. The highest BCUT2D eigenvalue weighted by molar-refractivity contribution is 7.99. The number of hydrogen-bond donors (Lipinski definition) is 1. The molecule has 0 spiro atoms. The van der Waals surface area contributed by atoms with E-state index in [9.17, 15) is 13.2 Å². The van der Waals surface area contributed by atoms with Gasteiger partial charge in [-0.25, -0.2) is 8.42 Å². The van der Waals surface area contributed by atoms with Gasteiger partial charge in [0, 0.05) is 32.7 Å². The van der Waals surface area contributed by atoms with E-state index < -0.39 is 10.0 Å². The van der Waals surface area contributed by atoms with Crippen molar-refractivity contribution in [3.8, 4) is 0 Å². The molecule has 0 radical (unpaired) electrons. The fourth-order valence-corrected chi connectivity index (χ4v) is 6.05. The SMILES string of the molecule is CCn1cnnc1SCC(=O)Nc1cc(S(=O)(=O)N2CCOCC2)ccc1N1CCCC1. The van der Waals surface area contributed by atoms with Crippen molar-refractivity contribution in [3.63, 3.8) is 0 Å². The molecule has 3 heterocycles. The second kappa shape index (κ2) is 10.2. The number of anilines is 2. The molecule has 10 nitrogen and oxygen atoms in total. The molecule has 0 aliphatic carbocycles. The topological polar surface area (TPSA) is 110 Å². The van der Waals surface area contributed by atoms with E-state index in [1.165, 1.54) is 16.1 Å². The first-order valence-corrected chi connectivity index (χ1v) is 13.2. The van der Waals surface area contributed by atoms with Gasteiger partial charge in [-0.3, -0.25) is 4.79 Å². The number of benzene rings is 1. The molecule has 32 heavy (non-hydrogen) atoms. The Morgan fingerprint density at radius 2 is 1.94 bits per heavy atom. The Bertz CT molecular complexity index is 1050. The lowest BCUT2D eigenvalue weighted by Crippen LogP contribution is -2.40. The summed E-state index contributed by atoms with van der Waals surface area (Å²) in [6.45, 7) is 5.88. The number of rotatable bonds is 8. The fraction of sp³-hybridized carbons (Fsp3) is 0.550. The molecule has 0 saturated carbocycles. The summed E-state index contributed by atoms with van der Waals surface area (Å²) < 4.78 is 34.8. The Morgan fingerprint density at radius 1 is 1.19 bits per heavy atom. The summed E-state index contributed by atoms with van der Waals surface area (Å²) in [6.07, 6.45) is 3.78. The number of aromatic nitrogens is 3. The number of thioether (sulfide) groups is 1. The fourth-order valence-electron chi connectivity index (χ4n) is 3.83. The zero-order valence-corrected chi connectivity index (χ0v) is 19.7. The van der Waals surface area contributed by atoms with Gasteiger partial charge in [0.2, 0.25) is 15.9 Å². The first-order valence-electron chi connectivity index (χ1n) is 10.8. The summed E-state index contributed by atoms with van der Waals surface area (Å²) in [6, 6.07) is 5.01. The van der Waals surface area contributed by atoms with Crippen LogP contribution in [0.2, 0.25) is 0 Å². The summed E-state index contributed by atoms with van der Waals surface area (Å²) >= 11 is 1.30. The molecule has 2 aromatic rings. The molecule has 2 saturated heterocycles. The van der Waals surface area contributed by atoms with Crippen molar-refractivity contribution >= 4 is 39.1 Å². The third-order valence-electron chi connectivity index (χ3n) is 5.55. The van der Waals surface area contributed by atoms with E-state index in [-0.39, 0.29) is 16.6 Å². The van der Waals surface area contributed by atoms with Crippen molar-refractivity contribution in [2.45, 2.75) is 36.4 Å². The first-order chi connectivity index (χ1) is 15.5.